The molecule has 6 nitrogen and oxygen atoms in total. The number of para-hydroxylation sites is 1. The summed E-state index contributed by atoms with van der Waals surface area (Å²) in [6, 6.07) is 9.64. The van der Waals surface area contributed by atoms with Crippen LogP contribution in [0.4, 0.5) is 0 Å². The summed E-state index contributed by atoms with van der Waals surface area (Å²) in [7, 11) is 1.79. The number of halogens is 1. The molecule has 172 valence electrons. The SMILES string of the molecule is C/C=C(C)\C(=N/C)c1cc(C)nc2c(OCc3c(Cl)cc(C)nc3COC(C)=O)cccc12. The van der Waals surface area contributed by atoms with Crippen molar-refractivity contribution >= 4 is 34.2 Å². The zero-order valence-electron chi connectivity index (χ0n) is 19.8. The van der Waals surface area contributed by atoms with Crippen molar-refractivity contribution in [2.24, 2.45) is 4.99 Å². The Labute approximate surface area is 199 Å². The minimum Gasteiger partial charge on any atom is -0.486 e. The van der Waals surface area contributed by atoms with Gasteiger partial charge in [-0.05, 0) is 51.5 Å². The molecule has 0 aliphatic carbocycles. The number of aliphatic imine (C=N–C) groups is 1. The Morgan fingerprint density at radius 2 is 1.85 bits per heavy atom. The predicted octanol–water partition coefficient (Wildman–Crippen LogP) is 5.93. The van der Waals surface area contributed by atoms with Gasteiger partial charge in [-0.1, -0.05) is 29.8 Å². The summed E-state index contributed by atoms with van der Waals surface area (Å²) in [5, 5.41) is 1.46. The molecule has 0 saturated carbocycles. The number of carbonyl (C=O) groups is 1. The Kier molecular flexibility index (Phi) is 7.82. The van der Waals surface area contributed by atoms with Gasteiger partial charge in [0, 0.05) is 41.9 Å². The van der Waals surface area contributed by atoms with Gasteiger partial charge in [-0.25, -0.2) is 4.98 Å². The van der Waals surface area contributed by atoms with E-state index in [1.165, 1.54) is 6.92 Å². The van der Waals surface area contributed by atoms with Crippen LogP contribution in [0.1, 0.15) is 49.0 Å². The summed E-state index contributed by atoms with van der Waals surface area (Å²) in [4.78, 5) is 25.1. The number of pyridine rings is 2. The van der Waals surface area contributed by atoms with Gasteiger partial charge in [0.15, 0.2) is 0 Å². The third-order valence-corrected chi connectivity index (χ3v) is 5.62. The number of hydrogen-bond donors (Lipinski definition) is 0. The number of fused-ring (bicyclic) bond motifs is 1. The molecule has 33 heavy (non-hydrogen) atoms. The molecule has 0 aliphatic heterocycles. The third-order valence-electron chi connectivity index (χ3n) is 5.28. The molecule has 3 aromatic rings. The second-order valence-electron chi connectivity index (χ2n) is 7.75. The van der Waals surface area contributed by atoms with Crippen molar-refractivity contribution in [3.63, 3.8) is 0 Å². The summed E-state index contributed by atoms with van der Waals surface area (Å²) in [6.07, 6.45) is 2.04. The second kappa shape index (κ2) is 10.6. The highest BCUT2D eigenvalue weighted by Gasteiger charge is 2.16. The summed E-state index contributed by atoms with van der Waals surface area (Å²) >= 11 is 6.50. The lowest BCUT2D eigenvalue weighted by Crippen LogP contribution is -2.09. The Balaban J connectivity index is 2.03. The van der Waals surface area contributed by atoms with Crippen LogP contribution < -0.4 is 4.74 Å². The van der Waals surface area contributed by atoms with E-state index in [1.807, 2.05) is 58.0 Å². The van der Waals surface area contributed by atoms with Gasteiger partial charge in [-0.15, -0.1) is 0 Å². The van der Waals surface area contributed by atoms with Crippen LogP contribution in [0.15, 0.2) is 47.0 Å². The number of rotatable bonds is 7. The molecule has 0 radical (unpaired) electrons. The maximum Gasteiger partial charge on any atom is 0.303 e. The van der Waals surface area contributed by atoms with E-state index in [4.69, 9.17) is 26.1 Å². The Morgan fingerprint density at radius 3 is 2.52 bits per heavy atom. The van der Waals surface area contributed by atoms with Crippen molar-refractivity contribution in [2.75, 3.05) is 7.05 Å². The molecule has 3 rings (SSSR count). The van der Waals surface area contributed by atoms with Crippen LogP contribution in [0.3, 0.4) is 0 Å². The average Bonchev–Trinajstić information content (AvgIpc) is 2.77. The number of allylic oxidation sites excluding steroid dienone is 2. The number of hydrogen-bond acceptors (Lipinski definition) is 6. The summed E-state index contributed by atoms with van der Waals surface area (Å²) in [5.74, 6) is 0.244. The van der Waals surface area contributed by atoms with E-state index in [2.05, 4.69) is 9.98 Å². The number of ether oxygens (including phenoxy) is 2. The maximum absolute atomic E-state index is 11.3. The van der Waals surface area contributed by atoms with Crippen molar-refractivity contribution in [3.8, 4) is 5.75 Å². The summed E-state index contributed by atoms with van der Waals surface area (Å²) in [6.45, 7) is 9.39. The molecule has 0 spiro atoms. The third kappa shape index (κ3) is 5.57. The monoisotopic (exact) mass is 465 g/mol. The van der Waals surface area contributed by atoms with Gasteiger partial charge < -0.3 is 9.47 Å². The van der Waals surface area contributed by atoms with Gasteiger partial charge in [0.05, 0.1) is 16.4 Å². The van der Waals surface area contributed by atoms with Crippen LogP contribution in [-0.2, 0) is 22.7 Å². The molecule has 0 atom stereocenters. The molecule has 0 fully saturated rings. The lowest BCUT2D eigenvalue weighted by Gasteiger charge is -2.16. The molecular formula is C26H28ClN3O3. The Hall–Kier alpha value is -3.25. The number of carbonyl (C=O) groups excluding carboxylic acids is 1. The topological polar surface area (TPSA) is 73.7 Å². The molecular weight excluding hydrogens is 438 g/mol. The fraction of sp³-hybridized carbons (Fsp3) is 0.308. The van der Waals surface area contributed by atoms with E-state index in [1.54, 1.807) is 13.1 Å². The van der Waals surface area contributed by atoms with E-state index in [0.29, 0.717) is 22.0 Å². The van der Waals surface area contributed by atoms with Gasteiger partial charge in [0.2, 0.25) is 0 Å². The van der Waals surface area contributed by atoms with Crippen LogP contribution in [0.5, 0.6) is 5.75 Å². The molecule has 2 aromatic heterocycles. The van der Waals surface area contributed by atoms with Crippen LogP contribution in [0.25, 0.3) is 10.9 Å². The second-order valence-corrected chi connectivity index (χ2v) is 8.15. The molecule has 0 unspecified atom stereocenters. The summed E-state index contributed by atoms with van der Waals surface area (Å²) in [5.41, 5.74) is 6.61. The van der Waals surface area contributed by atoms with Crippen LogP contribution in [0, 0.1) is 13.8 Å². The highest BCUT2D eigenvalue weighted by atomic mass is 35.5. The van der Waals surface area contributed by atoms with Crippen LogP contribution >= 0.6 is 11.6 Å². The first kappa shape index (κ1) is 24.4. The first-order valence-corrected chi connectivity index (χ1v) is 11.0. The fourth-order valence-electron chi connectivity index (χ4n) is 3.62. The van der Waals surface area contributed by atoms with Crippen molar-refractivity contribution in [1.82, 2.24) is 9.97 Å². The average molecular weight is 466 g/mol. The minimum absolute atomic E-state index is 0.0332. The fourth-order valence-corrected chi connectivity index (χ4v) is 3.94. The Bertz CT molecular complexity index is 1270. The van der Waals surface area contributed by atoms with Gasteiger partial charge in [-0.2, -0.15) is 0 Å². The van der Waals surface area contributed by atoms with E-state index < -0.39 is 0 Å². The molecule has 1 aromatic carbocycles. The predicted molar refractivity (Wildman–Crippen MR) is 132 cm³/mol. The quantitative estimate of drug-likeness (QED) is 0.319. The number of aromatic nitrogens is 2. The van der Waals surface area contributed by atoms with Gasteiger partial charge >= 0.3 is 5.97 Å². The molecule has 0 saturated heterocycles. The van der Waals surface area contributed by atoms with Gasteiger partial charge in [0.1, 0.15) is 24.5 Å². The van der Waals surface area contributed by atoms with Crippen LogP contribution in [0.2, 0.25) is 5.02 Å². The standard InChI is InChI=1S/C26H28ClN3O3/c1-7-15(2)25(28-6)20-11-16(3)30-26-19(20)9-8-10-24(26)33-13-21-22(27)12-17(4)29-23(21)14-32-18(5)31/h7-12H,13-14H2,1-6H3/b15-7-,28-25+. The van der Waals surface area contributed by atoms with Crippen molar-refractivity contribution < 1.29 is 14.3 Å². The minimum atomic E-state index is -0.382. The molecule has 0 amide bonds. The van der Waals surface area contributed by atoms with Crippen LogP contribution in [-0.4, -0.2) is 28.7 Å². The molecule has 0 bridgehead atoms. The lowest BCUT2D eigenvalue weighted by atomic mass is 9.98. The smallest absolute Gasteiger partial charge is 0.303 e. The molecule has 7 heteroatoms. The van der Waals surface area contributed by atoms with E-state index in [0.717, 1.165) is 39.1 Å². The largest absolute Gasteiger partial charge is 0.486 e. The zero-order chi connectivity index (χ0) is 24.1. The number of aryl methyl sites for hydroxylation is 2. The first-order chi connectivity index (χ1) is 15.7. The van der Waals surface area contributed by atoms with Crippen molar-refractivity contribution in [1.29, 1.82) is 0 Å². The number of esters is 1. The van der Waals surface area contributed by atoms with E-state index >= 15 is 0 Å². The van der Waals surface area contributed by atoms with E-state index in [-0.39, 0.29) is 19.2 Å². The Morgan fingerprint density at radius 1 is 1.12 bits per heavy atom. The molecule has 2 heterocycles. The molecule has 0 aliphatic rings. The van der Waals surface area contributed by atoms with E-state index in [9.17, 15) is 4.79 Å². The lowest BCUT2D eigenvalue weighted by molar-refractivity contribution is -0.142. The highest BCUT2D eigenvalue weighted by Crippen LogP contribution is 2.30. The van der Waals surface area contributed by atoms with Crippen molar-refractivity contribution in [3.05, 3.63) is 75.2 Å². The normalized spacial score (nSPS) is 12.2. The van der Waals surface area contributed by atoms with Gasteiger partial charge in [0.25, 0.3) is 0 Å². The maximum atomic E-state index is 11.3. The number of benzene rings is 1. The van der Waals surface area contributed by atoms with Gasteiger partial charge in [-0.3, -0.25) is 14.8 Å². The summed E-state index contributed by atoms with van der Waals surface area (Å²) < 4.78 is 11.4. The first-order valence-electron chi connectivity index (χ1n) is 10.7. The zero-order valence-corrected chi connectivity index (χ0v) is 20.6. The molecule has 0 N–H and O–H groups in total. The number of nitrogens with zero attached hydrogens (tertiary/aromatic N) is 3. The van der Waals surface area contributed by atoms with Crippen molar-refractivity contribution in [2.45, 2.75) is 47.8 Å². The highest BCUT2D eigenvalue weighted by molar-refractivity contribution is 6.31.